The molecule has 0 amide bonds. The zero-order valence-corrected chi connectivity index (χ0v) is 12.2. The Kier molecular flexibility index (Phi) is 5.93. The van der Waals surface area contributed by atoms with Crippen LogP contribution < -0.4 is 5.32 Å². The second kappa shape index (κ2) is 7.46. The van der Waals surface area contributed by atoms with Gasteiger partial charge in [0.1, 0.15) is 0 Å². The highest BCUT2D eigenvalue weighted by Gasteiger charge is 2.34. The average Bonchev–Trinajstić information content (AvgIpc) is 2.86. The molecule has 106 valence electrons. The molecule has 18 heavy (non-hydrogen) atoms. The summed E-state index contributed by atoms with van der Waals surface area (Å²) in [7, 11) is 0. The van der Waals surface area contributed by atoms with E-state index in [-0.39, 0.29) is 0 Å². The van der Waals surface area contributed by atoms with E-state index in [4.69, 9.17) is 4.74 Å². The molecule has 0 aromatic carbocycles. The zero-order chi connectivity index (χ0) is 12.8. The standard InChI is InChI=1S/C15H30N2O/c1-3-5-13-6-9-17(11-13)15-12-18-10-7-14(15)16-8-4-2/h13-16H,3-12H2,1-2H3. The smallest absolute Gasteiger partial charge is 0.0637 e. The molecule has 2 rings (SSSR count). The minimum atomic E-state index is 0.618. The van der Waals surface area contributed by atoms with Crippen LogP contribution in [0.1, 0.15) is 46.0 Å². The van der Waals surface area contributed by atoms with Gasteiger partial charge in [-0.25, -0.2) is 0 Å². The van der Waals surface area contributed by atoms with E-state index in [1.54, 1.807) is 0 Å². The number of nitrogens with zero attached hydrogens (tertiary/aromatic N) is 1. The lowest BCUT2D eigenvalue weighted by molar-refractivity contribution is 0.00391. The van der Waals surface area contributed by atoms with Crippen LogP contribution in [0.5, 0.6) is 0 Å². The summed E-state index contributed by atoms with van der Waals surface area (Å²) in [6.07, 6.45) is 6.53. The summed E-state index contributed by atoms with van der Waals surface area (Å²) >= 11 is 0. The van der Waals surface area contributed by atoms with E-state index < -0.39 is 0 Å². The quantitative estimate of drug-likeness (QED) is 0.787. The Hall–Kier alpha value is -0.120. The number of hydrogen-bond acceptors (Lipinski definition) is 3. The lowest BCUT2D eigenvalue weighted by atomic mass is 10.0. The molecule has 0 spiro atoms. The molecule has 3 unspecified atom stereocenters. The maximum atomic E-state index is 5.72. The second-order valence-corrected chi connectivity index (χ2v) is 5.93. The lowest BCUT2D eigenvalue weighted by Crippen LogP contribution is -2.54. The summed E-state index contributed by atoms with van der Waals surface area (Å²) in [4.78, 5) is 2.69. The van der Waals surface area contributed by atoms with E-state index in [2.05, 4.69) is 24.1 Å². The highest BCUT2D eigenvalue weighted by atomic mass is 16.5. The summed E-state index contributed by atoms with van der Waals surface area (Å²) in [5.74, 6) is 0.934. The minimum absolute atomic E-state index is 0.618. The van der Waals surface area contributed by atoms with Gasteiger partial charge in [0.05, 0.1) is 6.61 Å². The van der Waals surface area contributed by atoms with Crippen LogP contribution in [0, 0.1) is 5.92 Å². The van der Waals surface area contributed by atoms with Crippen molar-refractivity contribution >= 4 is 0 Å². The van der Waals surface area contributed by atoms with Gasteiger partial charge in [-0.05, 0) is 44.7 Å². The maximum Gasteiger partial charge on any atom is 0.0637 e. The Labute approximate surface area is 112 Å². The van der Waals surface area contributed by atoms with E-state index in [1.165, 1.54) is 45.2 Å². The van der Waals surface area contributed by atoms with Crippen molar-refractivity contribution in [2.75, 3.05) is 32.8 Å². The predicted molar refractivity (Wildman–Crippen MR) is 75.9 cm³/mol. The average molecular weight is 254 g/mol. The van der Waals surface area contributed by atoms with Gasteiger partial charge in [-0.1, -0.05) is 20.3 Å². The van der Waals surface area contributed by atoms with Crippen molar-refractivity contribution in [3.05, 3.63) is 0 Å². The summed E-state index contributed by atoms with van der Waals surface area (Å²) in [6.45, 7) is 10.1. The van der Waals surface area contributed by atoms with Gasteiger partial charge in [0.25, 0.3) is 0 Å². The topological polar surface area (TPSA) is 24.5 Å². The Morgan fingerprint density at radius 2 is 2.11 bits per heavy atom. The summed E-state index contributed by atoms with van der Waals surface area (Å²) in [5.41, 5.74) is 0. The molecule has 2 aliphatic rings. The largest absolute Gasteiger partial charge is 0.380 e. The summed E-state index contributed by atoms with van der Waals surface area (Å²) in [5, 5.41) is 3.72. The first kappa shape index (κ1) is 14.3. The number of nitrogens with one attached hydrogen (secondary N) is 1. The maximum absolute atomic E-state index is 5.72. The number of ether oxygens (including phenoxy) is 1. The first-order chi connectivity index (χ1) is 8.85. The highest BCUT2D eigenvalue weighted by molar-refractivity contribution is 4.91. The van der Waals surface area contributed by atoms with Crippen LogP contribution in [-0.2, 0) is 4.74 Å². The van der Waals surface area contributed by atoms with Crippen LogP contribution in [0.4, 0.5) is 0 Å². The molecule has 0 aromatic heterocycles. The monoisotopic (exact) mass is 254 g/mol. The molecule has 2 fully saturated rings. The van der Waals surface area contributed by atoms with E-state index in [0.29, 0.717) is 12.1 Å². The molecule has 3 nitrogen and oxygen atoms in total. The number of hydrogen-bond donors (Lipinski definition) is 1. The predicted octanol–water partition coefficient (Wildman–Crippen LogP) is 2.27. The SMILES string of the molecule is CCCNC1CCOCC1N1CCC(CCC)C1. The molecule has 0 aromatic rings. The molecule has 0 bridgehead atoms. The van der Waals surface area contributed by atoms with Gasteiger partial charge in [0, 0.05) is 25.2 Å². The molecular weight excluding hydrogens is 224 g/mol. The molecule has 3 heteroatoms. The van der Waals surface area contributed by atoms with Gasteiger partial charge < -0.3 is 10.1 Å². The van der Waals surface area contributed by atoms with Crippen molar-refractivity contribution in [3.63, 3.8) is 0 Å². The van der Waals surface area contributed by atoms with Gasteiger partial charge in [-0.3, -0.25) is 4.90 Å². The zero-order valence-electron chi connectivity index (χ0n) is 12.2. The van der Waals surface area contributed by atoms with Gasteiger partial charge in [-0.15, -0.1) is 0 Å². The molecule has 0 radical (unpaired) electrons. The highest BCUT2D eigenvalue weighted by Crippen LogP contribution is 2.25. The van der Waals surface area contributed by atoms with E-state index in [0.717, 1.165) is 25.7 Å². The molecule has 2 aliphatic heterocycles. The number of rotatable bonds is 6. The lowest BCUT2D eigenvalue weighted by Gasteiger charge is -2.38. The van der Waals surface area contributed by atoms with Crippen molar-refractivity contribution in [2.45, 2.75) is 58.0 Å². The third kappa shape index (κ3) is 3.69. The van der Waals surface area contributed by atoms with E-state index in [9.17, 15) is 0 Å². The third-order valence-corrected chi connectivity index (χ3v) is 4.47. The van der Waals surface area contributed by atoms with Crippen molar-refractivity contribution < 1.29 is 4.74 Å². The first-order valence-corrected chi connectivity index (χ1v) is 7.90. The van der Waals surface area contributed by atoms with Crippen molar-refractivity contribution in [1.82, 2.24) is 10.2 Å². The second-order valence-electron chi connectivity index (χ2n) is 5.93. The summed E-state index contributed by atoms with van der Waals surface area (Å²) < 4.78 is 5.72. The van der Waals surface area contributed by atoms with Crippen LogP contribution in [0.3, 0.4) is 0 Å². The number of likely N-dealkylation sites (tertiary alicyclic amines) is 1. The van der Waals surface area contributed by atoms with E-state index in [1.807, 2.05) is 0 Å². The van der Waals surface area contributed by atoms with Gasteiger partial charge in [0.15, 0.2) is 0 Å². The van der Waals surface area contributed by atoms with Crippen molar-refractivity contribution in [3.8, 4) is 0 Å². The van der Waals surface area contributed by atoms with Crippen LogP contribution in [0.2, 0.25) is 0 Å². The Balaban J connectivity index is 1.84. The molecule has 0 saturated carbocycles. The third-order valence-electron chi connectivity index (χ3n) is 4.47. The Morgan fingerprint density at radius 3 is 2.89 bits per heavy atom. The fraction of sp³-hybridized carbons (Fsp3) is 1.00. The van der Waals surface area contributed by atoms with E-state index >= 15 is 0 Å². The Morgan fingerprint density at radius 1 is 1.22 bits per heavy atom. The first-order valence-electron chi connectivity index (χ1n) is 7.90. The van der Waals surface area contributed by atoms with Crippen molar-refractivity contribution in [1.29, 1.82) is 0 Å². The van der Waals surface area contributed by atoms with Crippen LogP contribution in [0.15, 0.2) is 0 Å². The summed E-state index contributed by atoms with van der Waals surface area (Å²) in [6, 6.07) is 1.27. The fourth-order valence-electron chi connectivity index (χ4n) is 3.46. The molecule has 1 N–H and O–H groups in total. The molecule has 0 aliphatic carbocycles. The van der Waals surface area contributed by atoms with Gasteiger partial charge in [0.2, 0.25) is 0 Å². The van der Waals surface area contributed by atoms with Crippen molar-refractivity contribution in [2.24, 2.45) is 5.92 Å². The van der Waals surface area contributed by atoms with Crippen LogP contribution in [-0.4, -0.2) is 49.8 Å². The minimum Gasteiger partial charge on any atom is -0.380 e. The Bertz CT molecular complexity index is 235. The van der Waals surface area contributed by atoms with Gasteiger partial charge in [-0.2, -0.15) is 0 Å². The van der Waals surface area contributed by atoms with Crippen LogP contribution >= 0.6 is 0 Å². The van der Waals surface area contributed by atoms with Gasteiger partial charge >= 0.3 is 0 Å². The molecule has 3 atom stereocenters. The molecule has 2 saturated heterocycles. The van der Waals surface area contributed by atoms with Crippen LogP contribution in [0.25, 0.3) is 0 Å². The normalized spacial score (nSPS) is 34.0. The fourth-order valence-corrected chi connectivity index (χ4v) is 3.46. The molecule has 2 heterocycles. The molecular formula is C15H30N2O.